The molecule has 11 heteroatoms. The van der Waals surface area contributed by atoms with Crippen LogP contribution in [0.15, 0.2) is 5.11 Å². The van der Waals surface area contributed by atoms with E-state index in [0.29, 0.717) is 59.5 Å². The van der Waals surface area contributed by atoms with Crippen molar-refractivity contribution in [2.75, 3.05) is 72.6 Å². The molecule has 1 fully saturated rings. The van der Waals surface area contributed by atoms with Gasteiger partial charge in [-0.05, 0) is 42.9 Å². The summed E-state index contributed by atoms with van der Waals surface area (Å²) in [6, 6.07) is 0. The highest BCUT2D eigenvalue weighted by Gasteiger charge is 2.36. The summed E-state index contributed by atoms with van der Waals surface area (Å²) in [5.41, 5.74) is 8.55. The Labute approximate surface area is 200 Å². The maximum atomic E-state index is 8.55. The lowest BCUT2D eigenvalue weighted by atomic mass is 10.2. The van der Waals surface area contributed by atoms with Crippen LogP contribution in [0, 0.1) is 0 Å². The summed E-state index contributed by atoms with van der Waals surface area (Å²) in [6.45, 7) is 16.5. The Hall–Kier alpha value is -0.753. The number of ether oxygens (including phenoxy) is 6. The average Bonchev–Trinajstić information content (AvgIpc) is 2.78. The summed E-state index contributed by atoms with van der Waals surface area (Å²) < 4.78 is 39.7. The third-order valence-electron chi connectivity index (χ3n) is 5.78. The van der Waals surface area contributed by atoms with Crippen LogP contribution in [0.25, 0.3) is 10.4 Å². The van der Waals surface area contributed by atoms with Gasteiger partial charge in [0.15, 0.2) is 14.6 Å². The third-order valence-corrected chi connectivity index (χ3v) is 10.3. The second-order valence-electron chi connectivity index (χ2n) is 9.48. The molecular weight excluding hydrogens is 446 g/mol. The number of nitrogens with zero attached hydrogens (tertiary/aromatic N) is 3. The maximum Gasteiger partial charge on any atom is 0.192 e. The largest absolute Gasteiger partial charge is 0.414 e. The van der Waals surface area contributed by atoms with E-state index in [1.807, 2.05) is 0 Å². The highest BCUT2D eigenvalue weighted by atomic mass is 28.4. The molecule has 0 aromatic heterocycles. The molecule has 0 aromatic carbocycles. The van der Waals surface area contributed by atoms with Crippen molar-refractivity contribution in [1.29, 1.82) is 0 Å². The fraction of sp³-hybridized carbons (Fsp3) is 1.00. The van der Waals surface area contributed by atoms with E-state index < -0.39 is 8.32 Å². The van der Waals surface area contributed by atoms with Crippen molar-refractivity contribution < 1.29 is 32.8 Å². The Balaban J connectivity index is 1.96. The Morgan fingerprint density at radius 3 is 2.12 bits per heavy atom. The minimum absolute atomic E-state index is 0.196. The van der Waals surface area contributed by atoms with Gasteiger partial charge in [-0.1, -0.05) is 25.9 Å². The topological polar surface area (TPSA) is 113 Å². The second kappa shape index (κ2) is 17.6. The van der Waals surface area contributed by atoms with Gasteiger partial charge in [-0.3, -0.25) is 0 Å². The van der Waals surface area contributed by atoms with Crippen molar-refractivity contribution in [2.24, 2.45) is 5.11 Å². The van der Waals surface area contributed by atoms with Gasteiger partial charge < -0.3 is 32.8 Å². The van der Waals surface area contributed by atoms with Crippen molar-refractivity contribution in [3.8, 4) is 0 Å². The average molecular weight is 492 g/mol. The van der Waals surface area contributed by atoms with Gasteiger partial charge in [0, 0.05) is 11.5 Å². The molecule has 1 unspecified atom stereocenters. The van der Waals surface area contributed by atoms with Crippen LogP contribution in [-0.2, 0) is 32.8 Å². The predicted octanol–water partition coefficient (Wildman–Crippen LogP) is 4.30. The first-order chi connectivity index (χ1) is 15.8. The quantitative estimate of drug-likeness (QED) is 0.0870. The summed E-state index contributed by atoms with van der Waals surface area (Å²) in [5, 5.41) is 3.80. The van der Waals surface area contributed by atoms with Crippen LogP contribution < -0.4 is 0 Å². The normalized spacial score (nSPS) is 18.2. The molecule has 0 bridgehead atoms. The van der Waals surface area contributed by atoms with E-state index in [4.69, 9.17) is 38.4 Å². The van der Waals surface area contributed by atoms with Gasteiger partial charge in [0.25, 0.3) is 0 Å². The van der Waals surface area contributed by atoms with E-state index in [1.54, 1.807) is 0 Å². The van der Waals surface area contributed by atoms with Crippen LogP contribution in [0.2, 0.25) is 18.1 Å². The molecule has 10 nitrogen and oxygen atoms in total. The Bertz CT molecular complexity index is 537. The molecule has 2 atom stereocenters. The second-order valence-corrected chi connectivity index (χ2v) is 14.3. The molecule has 33 heavy (non-hydrogen) atoms. The lowest BCUT2D eigenvalue weighted by molar-refractivity contribution is -0.179. The van der Waals surface area contributed by atoms with Gasteiger partial charge in [0.2, 0.25) is 0 Å². The summed E-state index contributed by atoms with van der Waals surface area (Å²) in [6.07, 6.45) is 2.54. The number of hydrogen-bond acceptors (Lipinski definition) is 8. The van der Waals surface area contributed by atoms with Gasteiger partial charge in [-0.15, -0.1) is 0 Å². The molecule has 0 N–H and O–H groups in total. The zero-order valence-electron chi connectivity index (χ0n) is 21.3. The Kier molecular flexibility index (Phi) is 16.2. The van der Waals surface area contributed by atoms with Gasteiger partial charge in [-0.2, -0.15) is 0 Å². The smallest absolute Gasteiger partial charge is 0.192 e. The van der Waals surface area contributed by atoms with E-state index in [2.05, 4.69) is 43.9 Å². The fourth-order valence-electron chi connectivity index (χ4n) is 2.73. The number of hydrogen-bond donors (Lipinski definition) is 0. The first-order valence-electron chi connectivity index (χ1n) is 12.0. The van der Waals surface area contributed by atoms with E-state index in [9.17, 15) is 0 Å². The molecule has 0 aromatic rings. The first kappa shape index (κ1) is 30.3. The van der Waals surface area contributed by atoms with E-state index in [0.717, 1.165) is 25.9 Å². The lowest BCUT2D eigenvalue weighted by Crippen LogP contribution is -2.41. The maximum absolute atomic E-state index is 8.55. The zero-order valence-corrected chi connectivity index (χ0v) is 22.3. The predicted molar refractivity (Wildman–Crippen MR) is 129 cm³/mol. The molecule has 1 rings (SSSR count). The molecule has 1 heterocycles. The molecule has 0 spiro atoms. The number of azide groups is 1. The summed E-state index contributed by atoms with van der Waals surface area (Å²) in [5.74, 6) is 0. The van der Waals surface area contributed by atoms with Gasteiger partial charge in [0.05, 0.1) is 72.1 Å². The van der Waals surface area contributed by atoms with Crippen molar-refractivity contribution >= 4 is 8.32 Å². The number of rotatable bonds is 19. The first-order valence-corrected chi connectivity index (χ1v) is 14.9. The van der Waals surface area contributed by atoms with Crippen molar-refractivity contribution in [2.45, 2.75) is 70.6 Å². The van der Waals surface area contributed by atoms with Crippen LogP contribution in [0.1, 0.15) is 40.0 Å². The van der Waals surface area contributed by atoms with Crippen molar-refractivity contribution in [1.82, 2.24) is 0 Å². The van der Waals surface area contributed by atoms with Crippen LogP contribution in [0.4, 0.5) is 0 Å². The highest BCUT2D eigenvalue weighted by molar-refractivity contribution is 6.74. The van der Waals surface area contributed by atoms with Crippen LogP contribution in [-0.4, -0.2) is 93.3 Å². The molecule has 0 aliphatic carbocycles. The van der Waals surface area contributed by atoms with Crippen LogP contribution in [0.5, 0.6) is 0 Å². The molecule has 0 saturated carbocycles. The van der Waals surface area contributed by atoms with Crippen LogP contribution in [0.3, 0.4) is 0 Å². The van der Waals surface area contributed by atoms with Gasteiger partial charge in [-0.25, -0.2) is 0 Å². The summed E-state index contributed by atoms with van der Waals surface area (Å²) in [7, 11) is -1.70. The molecular formula is C22H45N3O7Si. The van der Waals surface area contributed by atoms with Crippen LogP contribution >= 0.6 is 0 Å². The molecule has 1 saturated heterocycles. The van der Waals surface area contributed by atoms with Crippen molar-refractivity contribution in [3.05, 3.63) is 10.4 Å². The van der Waals surface area contributed by atoms with Gasteiger partial charge >= 0.3 is 0 Å². The SMILES string of the molecule is CC(C)(C)[Si](C)(C)OCCOCCOCCOCCO[C@@H](CN=[N+]=[N-])COC1CCCCO1. The standard InChI is InChI=1S/C22H45N3O7Si/c1-22(2,3)33(4,5)32-17-15-28-13-11-26-10-12-27-14-16-29-20(18-24-25-23)19-31-21-8-6-7-9-30-21/h20-21H,6-19H2,1-5H3/t20-,21?/m0/s1. The Morgan fingerprint density at radius 2 is 1.58 bits per heavy atom. The zero-order chi connectivity index (χ0) is 24.4. The molecule has 0 radical (unpaired) electrons. The minimum atomic E-state index is -1.70. The highest BCUT2D eigenvalue weighted by Crippen LogP contribution is 2.36. The minimum Gasteiger partial charge on any atom is -0.414 e. The monoisotopic (exact) mass is 491 g/mol. The lowest BCUT2D eigenvalue weighted by Gasteiger charge is -2.36. The summed E-state index contributed by atoms with van der Waals surface area (Å²) >= 11 is 0. The van der Waals surface area contributed by atoms with E-state index >= 15 is 0 Å². The van der Waals surface area contributed by atoms with Crippen molar-refractivity contribution in [3.63, 3.8) is 0 Å². The molecule has 1 aliphatic rings. The third kappa shape index (κ3) is 15.0. The molecule has 194 valence electrons. The van der Waals surface area contributed by atoms with E-state index in [-0.39, 0.29) is 24.0 Å². The fourth-order valence-corrected chi connectivity index (χ4v) is 3.75. The molecule has 0 amide bonds. The summed E-state index contributed by atoms with van der Waals surface area (Å²) in [4.78, 5) is 2.80. The Morgan fingerprint density at radius 1 is 0.970 bits per heavy atom. The van der Waals surface area contributed by atoms with E-state index in [1.165, 1.54) is 0 Å². The molecule has 1 aliphatic heterocycles. The van der Waals surface area contributed by atoms with Gasteiger partial charge in [0.1, 0.15) is 0 Å².